The molecule has 0 spiro atoms. The molecule has 0 aromatic heterocycles. The second-order valence-electron chi connectivity index (χ2n) is 9.86. The van der Waals surface area contributed by atoms with Gasteiger partial charge in [0, 0.05) is 19.5 Å². The van der Waals surface area contributed by atoms with Crippen LogP contribution in [0.3, 0.4) is 0 Å². The zero-order chi connectivity index (χ0) is 30.7. The number of nitrogens with one attached hydrogen (secondary N) is 1. The standard InChI is InChI=1S/C34H37N3O5S/c1-3-35-34(39)32(24-27-14-8-5-9-15-27)36(25-28-16-10-6-11-17-28)33(38)26-37(29-20-22-30(23-21-29)42-4-2)43(40,41)31-18-12-7-13-19-31/h5-23,32H,3-4,24-26H2,1-2H3,(H,35,39)/t32-/m0/s1. The number of ether oxygens (including phenoxy) is 1. The number of nitrogens with zero attached hydrogens (tertiary/aromatic N) is 2. The quantitative estimate of drug-likeness (QED) is 0.219. The van der Waals surface area contributed by atoms with E-state index in [2.05, 4.69) is 5.32 Å². The fourth-order valence-corrected chi connectivity index (χ4v) is 6.19. The smallest absolute Gasteiger partial charge is 0.264 e. The molecule has 0 heterocycles. The molecule has 8 nitrogen and oxygen atoms in total. The van der Waals surface area contributed by atoms with Crippen LogP contribution in [-0.4, -0.2) is 50.9 Å². The molecule has 0 radical (unpaired) electrons. The number of benzene rings is 4. The van der Waals surface area contributed by atoms with Gasteiger partial charge in [0.25, 0.3) is 10.0 Å². The molecule has 0 fully saturated rings. The summed E-state index contributed by atoms with van der Waals surface area (Å²) in [5.41, 5.74) is 2.00. The van der Waals surface area contributed by atoms with E-state index in [1.165, 1.54) is 17.0 Å². The molecule has 0 aliphatic carbocycles. The van der Waals surface area contributed by atoms with Crippen LogP contribution in [0.1, 0.15) is 25.0 Å². The van der Waals surface area contributed by atoms with Crippen molar-refractivity contribution in [3.63, 3.8) is 0 Å². The highest BCUT2D eigenvalue weighted by Crippen LogP contribution is 2.27. The first-order valence-corrected chi connectivity index (χ1v) is 15.7. The van der Waals surface area contributed by atoms with Gasteiger partial charge in [-0.15, -0.1) is 0 Å². The van der Waals surface area contributed by atoms with Crippen LogP contribution < -0.4 is 14.4 Å². The topological polar surface area (TPSA) is 96.0 Å². The lowest BCUT2D eigenvalue weighted by Gasteiger charge is -2.33. The SMILES string of the molecule is CCNC(=O)[C@H](Cc1ccccc1)N(Cc1ccccc1)C(=O)CN(c1ccc(OCC)cc1)S(=O)(=O)c1ccccc1. The molecule has 0 saturated heterocycles. The number of rotatable bonds is 14. The van der Waals surface area contributed by atoms with Gasteiger partial charge in [0.1, 0.15) is 18.3 Å². The van der Waals surface area contributed by atoms with Crippen molar-refractivity contribution in [1.29, 1.82) is 0 Å². The lowest BCUT2D eigenvalue weighted by Crippen LogP contribution is -2.53. The van der Waals surface area contributed by atoms with Crippen LogP contribution in [0.2, 0.25) is 0 Å². The second-order valence-corrected chi connectivity index (χ2v) is 11.7. The molecule has 0 saturated carbocycles. The summed E-state index contributed by atoms with van der Waals surface area (Å²) in [7, 11) is -4.15. The van der Waals surface area contributed by atoms with Crippen molar-refractivity contribution in [2.24, 2.45) is 0 Å². The van der Waals surface area contributed by atoms with Crippen molar-refractivity contribution in [2.75, 3.05) is 24.0 Å². The van der Waals surface area contributed by atoms with Crippen molar-refractivity contribution in [3.8, 4) is 5.75 Å². The van der Waals surface area contributed by atoms with Gasteiger partial charge in [0.15, 0.2) is 0 Å². The van der Waals surface area contributed by atoms with Gasteiger partial charge < -0.3 is 15.0 Å². The third-order valence-electron chi connectivity index (χ3n) is 6.86. The number of likely N-dealkylation sites (N-methyl/N-ethyl adjacent to an activating group) is 1. The largest absolute Gasteiger partial charge is 0.494 e. The maximum absolute atomic E-state index is 14.3. The first kappa shape index (κ1) is 31.3. The minimum absolute atomic E-state index is 0.0517. The number of amides is 2. The predicted molar refractivity (Wildman–Crippen MR) is 168 cm³/mol. The fourth-order valence-electron chi connectivity index (χ4n) is 4.75. The van der Waals surface area contributed by atoms with E-state index >= 15 is 0 Å². The summed E-state index contributed by atoms with van der Waals surface area (Å²) in [6.07, 6.45) is 0.264. The molecule has 4 aromatic carbocycles. The Labute approximate surface area is 254 Å². The van der Waals surface area contributed by atoms with Gasteiger partial charge in [-0.1, -0.05) is 78.9 Å². The highest BCUT2D eigenvalue weighted by Gasteiger charge is 2.34. The second kappa shape index (κ2) is 15.0. The fraction of sp³-hybridized carbons (Fsp3) is 0.235. The minimum atomic E-state index is -4.15. The molecule has 0 aliphatic heterocycles. The lowest BCUT2D eigenvalue weighted by atomic mass is 10.0. The number of hydrogen-bond donors (Lipinski definition) is 1. The van der Waals surface area contributed by atoms with Crippen LogP contribution in [-0.2, 0) is 32.6 Å². The molecule has 0 aliphatic rings. The Morgan fingerprint density at radius 1 is 0.767 bits per heavy atom. The molecule has 2 amide bonds. The van der Waals surface area contributed by atoms with E-state index in [0.717, 1.165) is 15.4 Å². The molecule has 224 valence electrons. The molecule has 1 atom stereocenters. The lowest BCUT2D eigenvalue weighted by molar-refractivity contribution is -0.140. The molecule has 0 unspecified atom stereocenters. The predicted octanol–water partition coefficient (Wildman–Crippen LogP) is 5.06. The summed E-state index contributed by atoms with van der Waals surface area (Å²) in [5, 5.41) is 2.87. The molecule has 9 heteroatoms. The maximum Gasteiger partial charge on any atom is 0.264 e. The Balaban J connectivity index is 1.77. The van der Waals surface area contributed by atoms with Gasteiger partial charge in [-0.3, -0.25) is 13.9 Å². The van der Waals surface area contributed by atoms with Crippen LogP contribution in [0.4, 0.5) is 5.69 Å². The number of anilines is 1. The number of carbonyl (C=O) groups is 2. The van der Waals surface area contributed by atoms with Gasteiger partial charge >= 0.3 is 0 Å². The van der Waals surface area contributed by atoms with E-state index < -0.39 is 28.5 Å². The summed E-state index contributed by atoms with van der Waals surface area (Å²) in [6.45, 7) is 4.14. The molecular formula is C34H37N3O5S. The Morgan fingerprint density at radius 3 is 1.88 bits per heavy atom. The van der Waals surface area contributed by atoms with Gasteiger partial charge in [-0.05, 0) is 61.4 Å². The molecule has 1 N–H and O–H groups in total. The Kier molecular flexibility index (Phi) is 10.9. The van der Waals surface area contributed by atoms with Crippen LogP contribution >= 0.6 is 0 Å². The van der Waals surface area contributed by atoms with Crippen molar-refractivity contribution >= 4 is 27.5 Å². The van der Waals surface area contributed by atoms with Gasteiger partial charge in [-0.25, -0.2) is 8.42 Å². The molecule has 43 heavy (non-hydrogen) atoms. The van der Waals surface area contributed by atoms with Crippen molar-refractivity contribution in [3.05, 3.63) is 126 Å². The maximum atomic E-state index is 14.3. The molecule has 4 aromatic rings. The van der Waals surface area contributed by atoms with Crippen LogP contribution in [0.25, 0.3) is 0 Å². The van der Waals surface area contributed by atoms with Crippen LogP contribution in [0, 0.1) is 0 Å². The van der Waals surface area contributed by atoms with Crippen molar-refractivity contribution in [1.82, 2.24) is 10.2 Å². The monoisotopic (exact) mass is 599 g/mol. The molecule has 0 bridgehead atoms. The van der Waals surface area contributed by atoms with E-state index in [-0.39, 0.29) is 23.8 Å². The summed E-state index contributed by atoms with van der Waals surface area (Å²) in [6, 6.07) is 32.5. The van der Waals surface area contributed by atoms with E-state index in [4.69, 9.17) is 4.74 Å². The number of sulfonamides is 1. The van der Waals surface area contributed by atoms with Crippen LogP contribution in [0.5, 0.6) is 5.75 Å². The highest BCUT2D eigenvalue weighted by molar-refractivity contribution is 7.92. The van der Waals surface area contributed by atoms with Gasteiger partial charge in [0.05, 0.1) is 17.2 Å². The average molecular weight is 600 g/mol. The third kappa shape index (κ3) is 8.23. The van der Waals surface area contributed by atoms with Crippen molar-refractivity contribution in [2.45, 2.75) is 37.8 Å². The van der Waals surface area contributed by atoms with E-state index in [1.807, 2.05) is 74.5 Å². The Hall–Kier alpha value is -4.63. The number of carbonyl (C=O) groups excluding carboxylic acids is 2. The summed E-state index contributed by atoms with van der Waals surface area (Å²) in [5.74, 6) is -0.238. The number of hydrogen-bond acceptors (Lipinski definition) is 5. The summed E-state index contributed by atoms with van der Waals surface area (Å²) >= 11 is 0. The first-order valence-electron chi connectivity index (χ1n) is 14.3. The van der Waals surface area contributed by atoms with Gasteiger partial charge in [0.2, 0.25) is 11.8 Å². The highest BCUT2D eigenvalue weighted by atomic mass is 32.2. The zero-order valence-corrected chi connectivity index (χ0v) is 25.2. The first-order chi connectivity index (χ1) is 20.8. The summed E-state index contributed by atoms with van der Waals surface area (Å²) in [4.78, 5) is 29.4. The van der Waals surface area contributed by atoms with E-state index in [0.29, 0.717) is 24.6 Å². The minimum Gasteiger partial charge on any atom is -0.494 e. The van der Waals surface area contributed by atoms with Gasteiger partial charge in [-0.2, -0.15) is 0 Å². The van der Waals surface area contributed by atoms with Crippen LogP contribution in [0.15, 0.2) is 120 Å². The Morgan fingerprint density at radius 2 is 1.33 bits per heavy atom. The molecule has 4 rings (SSSR count). The Bertz CT molecular complexity index is 1570. The normalized spacial score (nSPS) is 11.8. The summed E-state index contributed by atoms with van der Waals surface area (Å²) < 4.78 is 34.6. The van der Waals surface area contributed by atoms with Crippen molar-refractivity contribution < 1.29 is 22.7 Å². The van der Waals surface area contributed by atoms with E-state index in [1.54, 1.807) is 42.5 Å². The third-order valence-corrected chi connectivity index (χ3v) is 8.65. The molecular weight excluding hydrogens is 562 g/mol. The van der Waals surface area contributed by atoms with E-state index in [9.17, 15) is 18.0 Å². The zero-order valence-electron chi connectivity index (χ0n) is 24.4. The average Bonchev–Trinajstić information content (AvgIpc) is 3.03.